The van der Waals surface area contributed by atoms with Gasteiger partial charge in [0.05, 0.1) is 6.21 Å². The Kier molecular flexibility index (Phi) is 5.05. The summed E-state index contributed by atoms with van der Waals surface area (Å²) < 4.78 is 0. The molecule has 0 aliphatic rings. The summed E-state index contributed by atoms with van der Waals surface area (Å²) in [5.74, 6) is -1.03. The number of hydrogen-bond acceptors (Lipinski definition) is 3. The molecule has 0 saturated heterocycles. The van der Waals surface area contributed by atoms with E-state index < -0.39 is 11.8 Å². The van der Waals surface area contributed by atoms with Gasteiger partial charge >= 0.3 is 11.8 Å². The number of nitrogens with one attached hydrogen (secondary N) is 2. The normalized spacial score (nSPS) is 10.7. The largest absolute Gasteiger partial charge is 0.351 e. The summed E-state index contributed by atoms with van der Waals surface area (Å²) >= 11 is 0. The molecule has 0 atom stereocenters. The minimum atomic E-state index is -0.785. The van der Waals surface area contributed by atoms with Gasteiger partial charge in [0, 0.05) is 7.05 Å². The van der Waals surface area contributed by atoms with E-state index in [2.05, 4.69) is 29.7 Å². The second kappa shape index (κ2) is 6.54. The number of likely N-dealkylation sites (N-methyl/N-ethyl adjacent to an activating group) is 1. The second-order valence-electron chi connectivity index (χ2n) is 4.10. The topological polar surface area (TPSA) is 70.6 Å². The van der Waals surface area contributed by atoms with Gasteiger partial charge in [0.1, 0.15) is 0 Å². The summed E-state index contributed by atoms with van der Waals surface area (Å²) in [5, 5.41) is 5.91. The van der Waals surface area contributed by atoms with E-state index in [1.165, 1.54) is 18.8 Å². The van der Waals surface area contributed by atoms with Crippen LogP contribution in [0.3, 0.4) is 0 Å². The van der Waals surface area contributed by atoms with Crippen LogP contribution >= 0.6 is 0 Å². The van der Waals surface area contributed by atoms with Crippen LogP contribution < -0.4 is 10.7 Å². The van der Waals surface area contributed by atoms with Gasteiger partial charge in [-0.15, -0.1) is 0 Å². The zero-order valence-corrected chi connectivity index (χ0v) is 10.7. The van der Waals surface area contributed by atoms with Gasteiger partial charge in [-0.05, 0) is 17.0 Å². The highest BCUT2D eigenvalue weighted by Gasteiger charge is 2.08. The van der Waals surface area contributed by atoms with Gasteiger partial charge in [-0.2, -0.15) is 5.10 Å². The third-order valence-electron chi connectivity index (χ3n) is 2.42. The molecule has 5 heteroatoms. The van der Waals surface area contributed by atoms with Gasteiger partial charge in [-0.25, -0.2) is 5.43 Å². The number of rotatable bonds is 3. The number of benzene rings is 1. The van der Waals surface area contributed by atoms with E-state index in [1.54, 1.807) is 0 Å². The summed E-state index contributed by atoms with van der Waals surface area (Å²) in [5.41, 5.74) is 4.23. The Morgan fingerprint density at radius 1 is 1.17 bits per heavy atom. The van der Waals surface area contributed by atoms with Crippen molar-refractivity contribution in [3.8, 4) is 0 Å². The molecule has 2 N–H and O–H groups in total. The lowest BCUT2D eigenvalue weighted by Crippen LogP contribution is -2.35. The number of carbonyl (C=O) groups excluding carboxylic acids is 2. The molecule has 1 rings (SSSR count). The smallest absolute Gasteiger partial charge is 0.329 e. The molecule has 0 spiro atoms. The molecular weight excluding hydrogens is 230 g/mol. The molecule has 96 valence electrons. The summed E-state index contributed by atoms with van der Waals surface area (Å²) in [6, 6.07) is 7.83. The first-order valence-electron chi connectivity index (χ1n) is 5.69. The van der Waals surface area contributed by atoms with Crippen LogP contribution in [-0.4, -0.2) is 25.1 Å². The first-order chi connectivity index (χ1) is 8.54. The lowest BCUT2D eigenvalue weighted by atomic mass is 10.0. The molecule has 0 bridgehead atoms. The first kappa shape index (κ1) is 13.9. The van der Waals surface area contributed by atoms with Crippen LogP contribution in [0, 0.1) is 0 Å². The van der Waals surface area contributed by atoms with Crippen LogP contribution in [0.5, 0.6) is 0 Å². The quantitative estimate of drug-likeness (QED) is 0.475. The highest BCUT2D eigenvalue weighted by Crippen LogP contribution is 2.13. The van der Waals surface area contributed by atoms with Gasteiger partial charge in [0.2, 0.25) is 0 Å². The number of nitrogens with zero attached hydrogens (tertiary/aromatic N) is 1. The highest BCUT2D eigenvalue weighted by atomic mass is 16.2. The molecule has 18 heavy (non-hydrogen) atoms. The van der Waals surface area contributed by atoms with Crippen molar-refractivity contribution >= 4 is 18.0 Å². The third-order valence-corrected chi connectivity index (χ3v) is 2.42. The fraction of sp³-hybridized carbons (Fsp3) is 0.308. The summed E-state index contributed by atoms with van der Waals surface area (Å²) in [7, 11) is 1.39. The van der Waals surface area contributed by atoms with Crippen molar-refractivity contribution in [3.05, 3.63) is 35.4 Å². The van der Waals surface area contributed by atoms with Crippen molar-refractivity contribution in [1.82, 2.24) is 10.7 Å². The Hall–Kier alpha value is -2.17. The Labute approximate surface area is 106 Å². The number of hydrogen-bond donors (Lipinski definition) is 2. The molecular formula is C13H17N3O2. The molecule has 2 amide bonds. The summed E-state index contributed by atoms with van der Waals surface area (Å²) in [6.07, 6.45) is 1.49. The minimum Gasteiger partial charge on any atom is -0.351 e. The predicted octanol–water partition coefficient (Wildman–Crippen LogP) is 1.01. The van der Waals surface area contributed by atoms with E-state index in [4.69, 9.17) is 0 Å². The van der Waals surface area contributed by atoms with Crippen molar-refractivity contribution in [2.45, 2.75) is 19.8 Å². The average Bonchev–Trinajstić information content (AvgIpc) is 2.38. The molecule has 0 aliphatic carbocycles. The molecule has 1 aromatic rings. The zero-order valence-electron chi connectivity index (χ0n) is 10.7. The van der Waals surface area contributed by atoms with Gasteiger partial charge < -0.3 is 5.32 Å². The zero-order chi connectivity index (χ0) is 13.5. The van der Waals surface area contributed by atoms with Gasteiger partial charge in [0.25, 0.3) is 0 Å². The van der Waals surface area contributed by atoms with Crippen molar-refractivity contribution in [2.24, 2.45) is 5.10 Å². The van der Waals surface area contributed by atoms with Crippen LogP contribution in [-0.2, 0) is 9.59 Å². The second-order valence-corrected chi connectivity index (χ2v) is 4.10. The van der Waals surface area contributed by atoms with E-state index in [1.807, 2.05) is 24.3 Å². The first-order valence-corrected chi connectivity index (χ1v) is 5.69. The van der Waals surface area contributed by atoms with Crippen molar-refractivity contribution < 1.29 is 9.59 Å². The van der Waals surface area contributed by atoms with Crippen LogP contribution in [0.2, 0.25) is 0 Å². The van der Waals surface area contributed by atoms with Gasteiger partial charge in [-0.3, -0.25) is 9.59 Å². The molecule has 0 unspecified atom stereocenters. The van der Waals surface area contributed by atoms with E-state index in [0.717, 1.165) is 5.56 Å². The highest BCUT2D eigenvalue weighted by molar-refractivity contribution is 6.34. The minimum absolute atomic E-state index is 0.476. The molecule has 0 fully saturated rings. The fourth-order valence-electron chi connectivity index (χ4n) is 1.30. The van der Waals surface area contributed by atoms with Crippen LogP contribution in [0.4, 0.5) is 0 Å². The Bertz CT molecular complexity index is 450. The van der Waals surface area contributed by atoms with Crippen LogP contribution in [0.15, 0.2) is 29.4 Å². The number of carbonyl (C=O) groups is 2. The molecule has 0 radical (unpaired) electrons. The summed E-state index contributed by atoms with van der Waals surface area (Å²) in [4.78, 5) is 21.9. The lowest BCUT2D eigenvalue weighted by molar-refractivity contribution is -0.138. The fourth-order valence-corrected chi connectivity index (χ4v) is 1.30. The maximum Gasteiger partial charge on any atom is 0.329 e. The van der Waals surface area contributed by atoms with Crippen LogP contribution in [0.1, 0.15) is 30.9 Å². The van der Waals surface area contributed by atoms with E-state index in [-0.39, 0.29) is 0 Å². The Morgan fingerprint density at radius 2 is 1.78 bits per heavy atom. The molecule has 0 aromatic heterocycles. The maximum absolute atomic E-state index is 11.1. The SMILES string of the molecule is CNC(=O)C(=O)N/N=C\c1ccc(C(C)C)cc1. The van der Waals surface area contributed by atoms with E-state index in [9.17, 15) is 9.59 Å². The molecule has 1 aromatic carbocycles. The van der Waals surface area contributed by atoms with Gasteiger partial charge in [-0.1, -0.05) is 38.1 Å². The van der Waals surface area contributed by atoms with E-state index >= 15 is 0 Å². The molecule has 0 saturated carbocycles. The van der Waals surface area contributed by atoms with E-state index in [0.29, 0.717) is 5.92 Å². The number of amides is 2. The molecule has 5 nitrogen and oxygen atoms in total. The maximum atomic E-state index is 11.1. The standard InChI is InChI=1S/C13H17N3O2/c1-9(2)11-6-4-10(5-7-11)8-15-16-13(18)12(17)14-3/h4-9H,1-3H3,(H,14,17)(H,16,18)/b15-8-. The monoisotopic (exact) mass is 247 g/mol. The lowest BCUT2D eigenvalue weighted by Gasteiger charge is -2.04. The average molecular weight is 247 g/mol. The molecule has 0 aliphatic heterocycles. The molecule has 0 heterocycles. The summed E-state index contributed by atoms with van der Waals surface area (Å²) in [6.45, 7) is 4.24. The number of hydrazone groups is 1. The Morgan fingerprint density at radius 3 is 2.28 bits per heavy atom. The van der Waals surface area contributed by atoms with Crippen molar-refractivity contribution in [2.75, 3.05) is 7.05 Å². The third kappa shape index (κ3) is 4.01. The predicted molar refractivity (Wildman–Crippen MR) is 70.3 cm³/mol. The van der Waals surface area contributed by atoms with Crippen molar-refractivity contribution in [3.63, 3.8) is 0 Å². The van der Waals surface area contributed by atoms with Crippen LogP contribution in [0.25, 0.3) is 0 Å². The van der Waals surface area contributed by atoms with Gasteiger partial charge in [0.15, 0.2) is 0 Å². The Balaban J connectivity index is 2.57. The van der Waals surface area contributed by atoms with Crippen molar-refractivity contribution in [1.29, 1.82) is 0 Å².